The van der Waals surface area contributed by atoms with Crippen molar-refractivity contribution in [1.29, 1.82) is 0 Å². The van der Waals surface area contributed by atoms with Gasteiger partial charge in [-0.15, -0.1) is 0 Å². The van der Waals surface area contributed by atoms with E-state index in [1.165, 1.54) is 13.2 Å². The van der Waals surface area contributed by atoms with E-state index in [1.807, 2.05) is 13.8 Å². The lowest BCUT2D eigenvalue weighted by Crippen LogP contribution is -2.48. The summed E-state index contributed by atoms with van der Waals surface area (Å²) in [5, 5.41) is 15.3. The molecule has 0 fully saturated rings. The van der Waals surface area contributed by atoms with Crippen LogP contribution in [0.1, 0.15) is 38.3 Å². The molecule has 3 rings (SSSR count). The van der Waals surface area contributed by atoms with Crippen molar-refractivity contribution < 1.29 is 19.4 Å². The number of hydrogen-bond donors (Lipinski definition) is 3. The Morgan fingerprint density at radius 3 is 2.70 bits per heavy atom. The van der Waals surface area contributed by atoms with Crippen LogP contribution >= 0.6 is 0 Å². The van der Waals surface area contributed by atoms with Crippen LogP contribution in [0.5, 0.6) is 11.5 Å². The zero-order valence-corrected chi connectivity index (χ0v) is 13.4. The van der Waals surface area contributed by atoms with Gasteiger partial charge in [-0.3, -0.25) is 4.79 Å². The minimum absolute atomic E-state index is 0.0156. The van der Waals surface area contributed by atoms with Gasteiger partial charge in [0, 0.05) is 17.7 Å². The van der Waals surface area contributed by atoms with E-state index in [0.29, 0.717) is 35.4 Å². The Hall–Kier alpha value is -2.50. The summed E-state index contributed by atoms with van der Waals surface area (Å²) >= 11 is 0. The highest BCUT2D eigenvalue weighted by Crippen LogP contribution is 2.42. The normalized spacial score (nSPS) is 23.0. The maximum absolute atomic E-state index is 12.6. The maximum atomic E-state index is 12.6. The fourth-order valence-corrected chi connectivity index (χ4v) is 3.28. The second-order valence-corrected chi connectivity index (χ2v) is 6.80. The molecule has 1 heterocycles. The molecule has 0 spiro atoms. The Morgan fingerprint density at radius 2 is 2.00 bits per heavy atom. The third-order valence-electron chi connectivity index (χ3n) is 4.29. The highest BCUT2D eigenvalue weighted by atomic mass is 16.5. The van der Waals surface area contributed by atoms with E-state index in [9.17, 15) is 14.7 Å². The van der Waals surface area contributed by atoms with E-state index < -0.39 is 6.04 Å². The number of nitrogens with one attached hydrogen (secondary N) is 2. The summed E-state index contributed by atoms with van der Waals surface area (Å²) in [5.74, 6) is 0.351. The van der Waals surface area contributed by atoms with Gasteiger partial charge in [0.15, 0.2) is 17.3 Å². The summed E-state index contributed by atoms with van der Waals surface area (Å²) < 4.78 is 5.12. The lowest BCUT2D eigenvalue weighted by atomic mass is 9.73. The Kier molecular flexibility index (Phi) is 3.55. The quantitative estimate of drug-likeness (QED) is 0.782. The first-order chi connectivity index (χ1) is 10.8. The second kappa shape index (κ2) is 5.30. The number of phenolic OH excluding ortho intramolecular Hbond substituents is 1. The van der Waals surface area contributed by atoms with Gasteiger partial charge in [-0.25, -0.2) is 4.79 Å². The van der Waals surface area contributed by atoms with Gasteiger partial charge in [0.2, 0.25) is 0 Å². The number of methoxy groups -OCH3 is 1. The summed E-state index contributed by atoms with van der Waals surface area (Å²) in [6, 6.07) is 3.97. The molecule has 2 amide bonds. The molecule has 1 atom stereocenters. The van der Waals surface area contributed by atoms with Gasteiger partial charge in [-0.05, 0) is 29.5 Å². The molecule has 1 aliphatic heterocycles. The van der Waals surface area contributed by atoms with Crippen LogP contribution in [0, 0.1) is 5.41 Å². The van der Waals surface area contributed by atoms with Crippen molar-refractivity contribution in [3.05, 3.63) is 35.0 Å². The first-order valence-corrected chi connectivity index (χ1v) is 7.51. The standard InChI is InChI=1S/C17H20N2O4/c1-17(2)7-10-14(12(21)8-17)15(19-16(22)18-10)9-4-5-11(20)13(6-9)23-3/h4-6,15,20H,7-8H2,1-3H3,(H2,18,19,22). The topological polar surface area (TPSA) is 87.7 Å². The van der Waals surface area contributed by atoms with Crippen LogP contribution in [0.25, 0.3) is 0 Å². The van der Waals surface area contributed by atoms with Crippen molar-refractivity contribution in [3.8, 4) is 11.5 Å². The van der Waals surface area contributed by atoms with Gasteiger partial charge in [0.1, 0.15) is 0 Å². The van der Waals surface area contributed by atoms with Gasteiger partial charge < -0.3 is 20.5 Å². The Labute approximate surface area is 134 Å². The third-order valence-corrected chi connectivity index (χ3v) is 4.29. The molecule has 6 nitrogen and oxygen atoms in total. The lowest BCUT2D eigenvalue weighted by Gasteiger charge is -2.38. The Balaban J connectivity index is 2.08. The number of rotatable bonds is 2. The van der Waals surface area contributed by atoms with Crippen LogP contribution in [-0.2, 0) is 4.79 Å². The minimum atomic E-state index is -0.531. The zero-order chi connectivity index (χ0) is 16.8. The molecule has 1 aliphatic carbocycles. The van der Waals surface area contributed by atoms with Crippen LogP contribution in [0.15, 0.2) is 29.5 Å². The molecule has 0 radical (unpaired) electrons. The number of benzene rings is 1. The Morgan fingerprint density at radius 1 is 1.26 bits per heavy atom. The van der Waals surface area contributed by atoms with Gasteiger partial charge in [0.05, 0.1) is 13.2 Å². The van der Waals surface area contributed by atoms with Crippen LogP contribution in [-0.4, -0.2) is 24.0 Å². The van der Waals surface area contributed by atoms with Crippen molar-refractivity contribution in [2.45, 2.75) is 32.7 Å². The minimum Gasteiger partial charge on any atom is -0.504 e. The van der Waals surface area contributed by atoms with Crippen LogP contribution < -0.4 is 15.4 Å². The van der Waals surface area contributed by atoms with Crippen LogP contribution in [0.2, 0.25) is 0 Å². The molecule has 0 aromatic heterocycles. The number of carbonyl (C=O) groups excluding carboxylic acids is 2. The zero-order valence-electron chi connectivity index (χ0n) is 13.4. The van der Waals surface area contributed by atoms with E-state index >= 15 is 0 Å². The summed E-state index contributed by atoms with van der Waals surface area (Å²) in [7, 11) is 1.46. The number of amides is 2. The molecule has 3 N–H and O–H groups in total. The molecule has 1 aromatic rings. The van der Waals surface area contributed by atoms with Gasteiger partial charge >= 0.3 is 6.03 Å². The molecule has 1 unspecified atom stereocenters. The van der Waals surface area contributed by atoms with E-state index in [0.717, 1.165) is 0 Å². The summed E-state index contributed by atoms with van der Waals surface area (Å²) in [5.41, 5.74) is 1.82. The van der Waals surface area contributed by atoms with E-state index in [-0.39, 0.29) is 23.0 Å². The largest absolute Gasteiger partial charge is 0.504 e. The number of urea groups is 1. The van der Waals surface area contributed by atoms with Crippen LogP contribution in [0.3, 0.4) is 0 Å². The predicted molar refractivity (Wildman–Crippen MR) is 84.1 cm³/mol. The molecule has 2 aliphatic rings. The maximum Gasteiger partial charge on any atom is 0.319 e. The smallest absolute Gasteiger partial charge is 0.319 e. The molecule has 23 heavy (non-hydrogen) atoms. The average Bonchev–Trinajstić information content (AvgIpc) is 2.45. The molecule has 0 bridgehead atoms. The highest BCUT2D eigenvalue weighted by Gasteiger charge is 2.40. The van der Waals surface area contributed by atoms with Crippen LogP contribution in [0.4, 0.5) is 4.79 Å². The fraction of sp³-hybridized carbons (Fsp3) is 0.412. The fourth-order valence-electron chi connectivity index (χ4n) is 3.28. The van der Waals surface area contributed by atoms with Gasteiger partial charge in [0.25, 0.3) is 0 Å². The molecule has 1 aromatic carbocycles. The SMILES string of the molecule is COc1cc(C2NC(=O)NC3=C2C(=O)CC(C)(C)C3)ccc1O. The number of ketones is 1. The Bertz CT molecular complexity index is 721. The summed E-state index contributed by atoms with van der Waals surface area (Å²) in [4.78, 5) is 24.6. The first kappa shape index (κ1) is 15.4. The monoisotopic (exact) mass is 316 g/mol. The summed E-state index contributed by atoms with van der Waals surface area (Å²) in [6.45, 7) is 4.03. The van der Waals surface area contributed by atoms with Crippen molar-refractivity contribution in [2.24, 2.45) is 5.41 Å². The van der Waals surface area contributed by atoms with Gasteiger partial charge in [-0.2, -0.15) is 0 Å². The van der Waals surface area contributed by atoms with Gasteiger partial charge in [-0.1, -0.05) is 19.9 Å². The number of hydrogen-bond acceptors (Lipinski definition) is 4. The highest BCUT2D eigenvalue weighted by molar-refractivity contribution is 6.01. The number of Topliss-reactive ketones (excluding diaryl/α,β-unsaturated/α-hetero) is 1. The van der Waals surface area contributed by atoms with Crippen molar-refractivity contribution in [1.82, 2.24) is 10.6 Å². The van der Waals surface area contributed by atoms with Crippen molar-refractivity contribution in [3.63, 3.8) is 0 Å². The third kappa shape index (κ3) is 2.76. The predicted octanol–water partition coefficient (Wildman–Crippen LogP) is 2.40. The van der Waals surface area contributed by atoms with E-state index in [2.05, 4.69) is 10.6 Å². The molecule has 0 saturated carbocycles. The summed E-state index contributed by atoms with van der Waals surface area (Å²) in [6.07, 6.45) is 1.09. The number of phenols is 1. The molecule has 6 heteroatoms. The second-order valence-electron chi connectivity index (χ2n) is 6.80. The van der Waals surface area contributed by atoms with E-state index in [4.69, 9.17) is 4.74 Å². The average molecular weight is 316 g/mol. The first-order valence-electron chi connectivity index (χ1n) is 7.51. The number of allylic oxidation sites excluding steroid dienone is 1. The van der Waals surface area contributed by atoms with Crippen molar-refractivity contribution in [2.75, 3.05) is 7.11 Å². The number of ether oxygens (including phenoxy) is 1. The molecular formula is C17H20N2O4. The van der Waals surface area contributed by atoms with Crippen molar-refractivity contribution >= 4 is 11.8 Å². The number of carbonyl (C=O) groups is 2. The molecular weight excluding hydrogens is 296 g/mol. The molecule has 0 saturated heterocycles. The number of aromatic hydroxyl groups is 1. The lowest BCUT2D eigenvalue weighted by molar-refractivity contribution is -0.118. The van der Waals surface area contributed by atoms with E-state index in [1.54, 1.807) is 12.1 Å². The molecule has 122 valence electrons.